The number of methoxy groups -OCH3 is 2. The zero-order valence-electron chi connectivity index (χ0n) is 17.0. The summed E-state index contributed by atoms with van der Waals surface area (Å²) < 4.78 is 29.5. The number of carbonyl (C=O) groups is 1. The second-order valence-electron chi connectivity index (χ2n) is 7.37. The Morgan fingerprint density at radius 1 is 1.10 bits per heavy atom. The number of rotatable bonds is 8. The van der Waals surface area contributed by atoms with Gasteiger partial charge in [-0.1, -0.05) is 18.2 Å². The van der Waals surface area contributed by atoms with Crippen LogP contribution in [0, 0.1) is 5.82 Å². The predicted octanol–water partition coefficient (Wildman–Crippen LogP) is 3.64. The molecule has 1 heterocycles. The van der Waals surface area contributed by atoms with Crippen LogP contribution >= 0.6 is 0 Å². The third kappa shape index (κ3) is 5.26. The van der Waals surface area contributed by atoms with Crippen LogP contribution in [-0.4, -0.2) is 39.9 Å². The number of amides is 1. The first-order chi connectivity index (χ1) is 14.1. The number of aryl methyl sites for hydroxylation is 1. The molecule has 2 aromatic carbocycles. The number of halogens is 1. The Balaban J connectivity index is 1.60. The Hall–Kier alpha value is -2.60. The van der Waals surface area contributed by atoms with E-state index < -0.39 is 5.82 Å². The molecule has 0 spiro atoms. The molecular weight excluding hydrogens is 373 g/mol. The van der Waals surface area contributed by atoms with Gasteiger partial charge in [0.05, 0.1) is 14.2 Å². The maximum atomic E-state index is 13.8. The van der Waals surface area contributed by atoms with E-state index in [9.17, 15) is 9.18 Å². The minimum atomic E-state index is -0.411. The summed E-state index contributed by atoms with van der Waals surface area (Å²) in [5, 5.41) is 3.08. The molecule has 0 radical (unpaired) electrons. The van der Waals surface area contributed by atoms with Gasteiger partial charge in [-0.3, -0.25) is 4.79 Å². The first-order valence-corrected chi connectivity index (χ1v) is 9.88. The van der Waals surface area contributed by atoms with Gasteiger partial charge in [-0.25, -0.2) is 4.39 Å². The molecule has 1 aliphatic heterocycles. The van der Waals surface area contributed by atoms with E-state index in [1.165, 1.54) is 18.7 Å². The lowest BCUT2D eigenvalue weighted by molar-refractivity contribution is -0.121. The van der Waals surface area contributed by atoms with Crippen molar-refractivity contribution in [2.45, 2.75) is 31.1 Å². The van der Waals surface area contributed by atoms with Crippen LogP contribution in [0.5, 0.6) is 11.5 Å². The van der Waals surface area contributed by atoms with Gasteiger partial charge >= 0.3 is 0 Å². The molecule has 1 fully saturated rings. The second kappa shape index (κ2) is 9.74. The Bertz CT molecular complexity index is 816. The van der Waals surface area contributed by atoms with Gasteiger partial charge in [-0.15, -0.1) is 0 Å². The van der Waals surface area contributed by atoms with Gasteiger partial charge in [-0.05, 0) is 54.7 Å². The van der Waals surface area contributed by atoms with Gasteiger partial charge in [0.25, 0.3) is 0 Å². The summed E-state index contributed by atoms with van der Waals surface area (Å²) in [5.41, 5.74) is 1.81. The average molecular weight is 401 g/mol. The molecule has 1 N–H and O–H groups in total. The fraction of sp³-hybridized carbons (Fsp3) is 0.435. The van der Waals surface area contributed by atoms with Crippen LogP contribution in [-0.2, 0) is 21.4 Å². The standard InChI is InChI=1S/C23H28FNO4/c1-27-19-7-5-18(6-8-19)23(11-13-29-14-12-23)16-25-22(26)10-4-17-3-9-21(28-2)20(24)15-17/h3,5-9,15H,4,10-14,16H2,1-2H3,(H,25,26). The van der Waals surface area contributed by atoms with Gasteiger partial charge in [-0.2, -0.15) is 0 Å². The van der Waals surface area contributed by atoms with Crippen LogP contribution in [0.2, 0.25) is 0 Å². The van der Waals surface area contributed by atoms with Crippen molar-refractivity contribution in [3.63, 3.8) is 0 Å². The maximum absolute atomic E-state index is 13.8. The molecule has 1 aliphatic rings. The second-order valence-corrected chi connectivity index (χ2v) is 7.37. The number of nitrogens with one attached hydrogen (secondary N) is 1. The molecular formula is C23H28FNO4. The number of carbonyl (C=O) groups excluding carboxylic acids is 1. The van der Waals surface area contributed by atoms with Gasteiger partial charge in [0.2, 0.25) is 5.91 Å². The van der Waals surface area contributed by atoms with E-state index in [0.29, 0.717) is 32.6 Å². The highest BCUT2D eigenvalue weighted by atomic mass is 19.1. The summed E-state index contributed by atoms with van der Waals surface area (Å²) in [6.45, 7) is 1.90. The van der Waals surface area contributed by atoms with Crippen LogP contribution in [0.1, 0.15) is 30.4 Å². The molecule has 0 atom stereocenters. The van der Waals surface area contributed by atoms with E-state index in [1.807, 2.05) is 12.1 Å². The van der Waals surface area contributed by atoms with Crippen molar-refractivity contribution in [2.75, 3.05) is 34.0 Å². The number of hydrogen-bond donors (Lipinski definition) is 1. The van der Waals surface area contributed by atoms with Crippen LogP contribution < -0.4 is 14.8 Å². The summed E-state index contributed by atoms with van der Waals surface area (Å²) in [4.78, 5) is 12.5. The Morgan fingerprint density at radius 2 is 1.83 bits per heavy atom. The van der Waals surface area contributed by atoms with E-state index in [-0.39, 0.29) is 17.1 Å². The molecule has 156 valence electrons. The molecule has 3 rings (SSSR count). The number of ether oxygens (including phenoxy) is 3. The van der Waals surface area contributed by atoms with Gasteiger partial charge < -0.3 is 19.5 Å². The summed E-state index contributed by atoms with van der Waals surface area (Å²) >= 11 is 0. The topological polar surface area (TPSA) is 56.8 Å². The summed E-state index contributed by atoms with van der Waals surface area (Å²) in [6, 6.07) is 12.8. The molecule has 0 bridgehead atoms. The van der Waals surface area contributed by atoms with Crippen molar-refractivity contribution in [2.24, 2.45) is 0 Å². The Kier molecular flexibility index (Phi) is 7.09. The van der Waals surface area contributed by atoms with Gasteiger partial charge in [0.15, 0.2) is 11.6 Å². The zero-order valence-corrected chi connectivity index (χ0v) is 17.0. The molecule has 0 saturated carbocycles. The first-order valence-electron chi connectivity index (χ1n) is 9.88. The fourth-order valence-electron chi connectivity index (χ4n) is 3.75. The third-order valence-electron chi connectivity index (χ3n) is 5.63. The monoisotopic (exact) mass is 401 g/mol. The van der Waals surface area contributed by atoms with Crippen molar-refractivity contribution in [1.29, 1.82) is 0 Å². The molecule has 0 aliphatic carbocycles. The highest BCUT2D eigenvalue weighted by Crippen LogP contribution is 2.35. The van der Waals surface area contributed by atoms with Crippen LogP contribution in [0.3, 0.4) is 0 Å². The quantitative estimate of drug-likeness (QED) is 0.734. The smallest absolute Gasteiger partial charge is 0.220 e. The molecule has 29 heavy (non-hydrogen) atoms. The van der Waals surface area contributed by atoms with E-state index in [1.54, 1.807) is 19.2 Å². The minimum Gasteiger partial charge on any atom is -0.497 e. The lowest BCUT2D eigenvalue weighted by Crippen LogP contribution is -2.44. The molecule has 2 aromatic rings. The van der Waals surface area contributed by atoms with Gasteiger partial charge in [0.1, 0.15) is 5.75 Å². The van der Waals surface area contributed by atoms with Crippen molar-refractivity contribution in [1.82, 2.24) is 5.32 Å². The molecule has 5 nitrogen and oxygen atoms in total. The van der Waals surface area contributed by atoms with Gasteiger partial charge in [0, 0.05) is 31.6 Å². The molecule has 1 saturated heterocycles. The lowest BCUT2D eigenvalue weighted by Gasteiger charge is -2.38. The first kappa shape index (κ1) is 21.1. The minimum absolute atomic E-state index is 0.0411. The van der Waals surface area contributed by atoms with Crippen molar-refractivity contribution < 1.29 is 23.4 Å². The normalized spacial score (nSPS) is 15.6. The Labute approximate surface area is 171 Å². The summed E-state index contributed by atoms with van der Waals surface area (Å²) in [7, 11) is 3.08. The highest BCUT2D eigenvalue weighted by molar-refractivity contribution is 5.76. The third-order valence-corrected chi connectivity index (χ3v) is 5.63. The fourth-order valence-corrected chi connectivity index (χ4v) is 3.75. The predicted molar refractivity (Wildman–Crippen MR) is 109 cm³/mol. The molecule has 6 heteroatoms. The van der Waals surface area contributed by atoms with Crippen molar-refractivity contribution in [3.8, 4) is 11.5 Å². The highest BCUT2D eigenvalue weighted by Gasteiger charge is 2.34. The molecule has 0 unspecified atom stereocenters. The SMILES string of the molecule is COc1ccc(C2(CNC(=O)CCc3ccc(OC)c(F)c3)CCOCC2)cc1. The van der Waals surface area contributed by atoms with Crippen LogP contribution in [0.25, 0.3) is 0 Å². The van der Waals surface area contributed by atoms with Crippen LogP contribution in [0.15, 0.2) is 42.5 Å². The Morgan fingerprint density at radius 3 is 2.45 bits per heavy atom. The van der Waals surface area contributed by atoms with E-state index in [4.69, 9.17) is 14.2 Å². The summed E-state index contributed by atoms with van der Waals surface area (Å²) in [5.74, 6) is 0.567. The van der Waals surface area contributed by atoms with Crippen molar-refractivity contribution >= 4 is 5.91 Å². The van der Waals surface area contributed by atoms with E-state index >= 15 is 0 Å². The number of benzene rings is 2. The maximum Gasteiger partial charge on any atom is 0.220 e. The van der Waals surface area contributed by atoms with E-state index in [0.717, 1.165) is 24.2 Å². The van der Waals surface area contributed by atoms with Crippen LogP contribution in [0.4, 0.5) is 4.39 Å². The lowest BCUT2D eigenvalue weighted by atomic mass is 9.74. The molecule has 1 amide bonds. The number of hydrogen-bond acceptors (Lipinski definition) is 4. The summed E-state index contributed by atoms with van der Waals surface area (Å²) in [6.07, 6.45) is 2.49. The average Bonchev–Trinajstić information content (AvgIpc) is 2.77. The zero-order chi connectivity index (χ0) is 20.7. The molecule has 0 aromatic heterocycles. The van der Waals surface area contributed by atoms with Crippen molar-refractivity contribution in [3.05, 3.63) is 59.4 Å². The largest absolute Gasteiger partial charge is 0.497 e. The van der Waals surface area contributed by atoms with E-state index in [2.05, 4.69) is 17.4 Å².